The third kappa shape index (κ3) is 3.16. The van der Waals surface area contributed by atoms with Crippen molar-refractivity contribution < 1.29 is 14.3 Å². The van der Waals surface area contributed by atoms with Crippen LogP contribution in [0.2, 0.25) is 0 Å². The van der Waals surface area contributed by atoms with Gasteiger partial charge >= 0.3 is 5.97 Å². The summed E-state index contributed by atoms with van der Waals surface area (Å²) < 4.78 is 4.77. The second-order valence-electron chi connectivity index (χ2n) is 6.42. The van der Waals surface area contributed by atoms with Crippen LogP contribution in [0.4, 0.5) is 0 Å². The van der Waals surface area contributed by atoms with Gasteiger partial charge in [-0.15, -0.1) is 0 Å². The van der Waals surface area contributed by atoms with Crippen molar-refractivity contribution in [3.63, 3.8) is 0 Å². The van der Waals surface area contributed by atoms with Crippen molar-refractivity contribution in [2.45, 2.75) is 51.0 Å². The summed E-state index contributed by atoms with van der Waals surface area (Å²) in [6.07, 6.45) is 7.38. The molecular formula is C18H23NO3. The Kier molecular flexibility index (Phi) is 4.46. The summed E-state index contributed by atoms with van der Waals surface area (Å²) in [6.45, 7) is 0. The summed E-state index contributed by atoms with van der Waals surface area (Å²) in [5.41, 5.74) is 2.85. The molecule has 3 rings (SSSR count). The maximum absolute atomic E-state index is 12.2. The number of ether oxygens (including phenoxy) is 1. The lowest BCUT2D eigenvalue weighted by atomic mass is 10.0. The van der Waals surface area contributed by atoms with E-state index >= 15 is 0 Å². The molecule has 1 atom stereocenters. The highest BCUT2D eigenvalue weighted by molar-refractivity contribution is 5.89. The first kappa shape index (κ1) is 15.1. The highest BCUT2D eigenvalue weighted by Gasteiger charge is 2.26. The second-order valence-corrected chi connectivity index (χ2v) is 6.42. The Bertz CT molecular complexity index is 576. The molecule has 0 unspecified atom stereocenters. The van der Waals surface area contributed by atoms with Crippen LogP contribution in [0, 0.1) is 5.92 Å². The highest BCUT2D eigenvalue weighted by Crippen LogP contribution is 2.33. The maximum Gasteiger partial charge on any atom is 0.337 e. The van der Waals surface area contributed by atoms with Crippen LogP contribution in [0.3, 0.4) is 0 Å². The molecule has 1 aromatic carbocycles. The Morgan fingerprint density at radius 3 is 2.73 bits per heavy atom. The molecule has 4 heteroatoms. The molecule has 1 amide bonds. The fourth-order valence-electron chi connectivity index (χ4n) is 3.73. The molecule has 0 saturated heterocycles. The van der Waals surface area contributed by atoms with Crippen molar-refractivity contribution in [2.24, 2.45) is 5.92 Å². The molecular weight excluding hydrogens is 278 g/mol. The maximum atomic E-state index is 12.2. The van der Waals surface area contributed by atoms with E-state index in [0.29, 0.717) is 17.9 Å². The Balaban J connectivity index is 1.67. The Morgan fingerprint density at radius 2 is 2.00 bits per heavy atom. The number of carbonyl (C=O) groups is 2. The number of hydrogen-bond donors (Lipinski definition) is 1. The minimum atomic E-state index is -0.328. The van der Waals surface area contributed by atoms with Gasteiger partial charge in [0.05, 0.1) is 18.7 Å². The molecule has 4 nitrogen and oxygen atoms in total. The Labute approximate surface area is 131 Å². The molecule has 1 aromatic rings. The molecule has 118 valence electrons. The number of hydrogen-bond acceptors (Lipinski definition) is 3. The van der Waals surface area contributed by atoms with Crippen LogP contribution in [0.1, 0.15) is 66.1 Å². The zero-order valence-corrected chi connectivity index (χ0v) is 13.1. The highest BCUT2D eigenvalue weighted by atomic mass is 16.5. The Morgan fingerprint density at radius 1 is 1.23 bits per heavy atom. The fourth-order valence-corrected chi connectivity index (χ4v) is 3.73. The van der Waals surface area contributed by atoms with Crippen LogP contribution in [0.15, 0.2) is 18.2 Å². The van der Waals surface area contributed by atoms with Crippen molar-refractivity contribution in [1.82, 2.24) is 5.32 Å². The van der Waals surface area contributed by atoms with Crippen LogP contribution in [-0.2, 0) is 16.0 Å². The van der Waals surface area contributed by atoms with Gasteiger partial charge in [0.15, 0.2) is 0 Å². The number of benzene rings is 1. The van der Waals surface area contributed by atoms with Crippen LogP contribution < -0.4 is 5.32 Å². The van der Waals surface area contributed by atoms with E-state index in [1.165, 1.54) is 38.4 Å². The number of aryl methyl sites for hydroxylation is 1. The van der Waals surface area contributed by atoms with E-state index in [1.807, 2.05) is 12.1 Å². The molecule has 0 heterocycles. The second kappa shape index (κ2) is 6.51. The van der Waals surface area contributed by atoms with E-state index in [0.717, 1.165) is 18.4 Å². The van der Waals surface area contributed by atoms with E-state index in [2.05, 4.69) is 5.32 Å². The number of rotatable bonds is 4. The van der Waals surface area contributed by atoms with Crippen LogP contribution in [0.25, 0.3) is 0 Å². The van der Waals surface area contributed by atoms with E-state index in [4.69, 9.17) is 4.74 Å². The van der Waals surface area contributed by atoms with Crippen molar-refractivity contribution in [1.29, 1.82) is 0 Å². The van der Waals surface area contributed by atoms with Crippen LogP contribution >= 0.6 is 0 Å². The van der Waals surface area contributed by atoms with Gasteiger partial charge in [0.1, 0.15) is 0 Å². The van der Waals surface area contributed by atoms with Crippen molar-refractivity contribution in [2.75, 3.05) is 7.11 Å². The molecule has 0 spiro atoms. The molecule has 0 aromatic heterocycles. The number of amides is 1. The van der Waals surface area contributed by atoms with Gasteiger partial charge in [0, 0.05) is 6.42 Å². The topological polar surface area (TPSA) is 55.4 Å². The van der Waals surface area contributed by atoms with Gasteiger partial charge in [-0.25, -0.2) is 4.79 Å². The SMILES string of the molecule is COC(=O)c1ccc2c(c1)[C@H](NC(=O)CC1CCCC1)CC2. The predicted molar refractivity (Wildman–Crippen MR) is 83.6 cm³/mol. The third-order valence-corrected chi connectivity index (χ3v) is 4.93. The third-order valence-electron chi connectivity index (χ3n) is 4.93. The zero-order valence-electron chi connectivity index (χ0n) is 13.1. The average Bonchev–Trinajstić information content (AvgIpc) is 3.16. The summed E-state index contributed by atoms with van der Waals surface area (Å²) in [5.74, 6) is 0.376. The lowest BCUT2D eigenvalue weighted by Gasteiger charge is -2.16. The molecule has 0 aliphatic heterocycles. The molecule has 1 fully saturated rings. The fraction of sp³-hybridized carbons (Fsp3) is 0.556. The molecule has 0 bridgehead atoms. The normalized spacial score (nSPS) is 20.7. The van der Waals surface area contributed by atoms with Gasteiger partial charge in [-0.3, -0.25) is 4.79 Å². The van der Waals surface area contributed by atoms with E-state index in [-0.39, 0.29) is 17.9 Å². The number of fused-ring (bicyclic) bond motifs is 1. The van der Waals surface area contributed by atoms with E-state index < -0.39 is 0 Å². The number of methoxy groups -OCH3 is 1. The summed E-state index contributed by atoms with van der Waals surface area (Å²) >= 11 is 0. The van der Waals surface area contributed by atoms with Gasteiger partial charge in [-0.2, -0.15) is 0 Å². The monoisotopic (exact) mass is 301 g/mol. The minimum Gasteiger partial charge on any atom is -0.465 e. The number of nitrogens with one attached hydrogen (secondary N) is 1. The standard InChI is InChI=1S/C18H23NO3/c1-22-18(21)14-7-6-13-8-9-16(15(13)11-14)19-17(20)10-12-4-2-3-5-12/h6-7,11-12,16H,2-5,8-10H2,1H3,(H,19,20)/t16-/m1/s1. The van der Waals surface area contributed by atoms with Crippen molar-refractivity contribution >= 4 is 11.9 Å². The first-order valence-electron chi connectivity index (χ1n) is 8.18. The van der Waals surface area contributed by atoms with Crippen LogP contribution in [0.5, 0.6) is 0 Å². The van der Waals surface area contributed by atoms with E-state index in [9.17, 15) is 9.59 Å². The van der Waals surface area contributed by atoms with Gasteiger partial charge in [0.2, 0.25) is 5.91 Å². The molecule has 1 saturated carbocycles. The number of esters is 1. The molecule has 1 N–H and O–H groups in total. The molecule has 0 radical (unpaired) electrons. The van der Waals surface area contributed by atoms with Gasteiger partial charge in [-0.1, -0.05) is 18.9 Å². The quantitative estimate of drug-likeness (QED) is 0.869. The largest absolute Gasteiger partial charge is 0.465 e. The first-order valence-corrected chi connectivity index (χ1v) is 8.18. The van der Waals surface area contributed by atoms with Gasteiger partial charge in [0.25, 0.3) is 0 Å². The Hall–Kier alpha value is -1.84. The molecule has 2 aliphatic carbocycles. The van der Waals surface area contributed by atoms with Gasteiger partial charge < -0.3 is 10.1 Å². The molecule has 22 heavy (non-hydrogen) atoms. The predicted octanol–water partition coefficient (Wildman–Crippen LogP) is 3.16. The van der Waals surface area contributed by atoms with Crippen LogP contribution in [-0.4, -0.2) is 19.0 Å². The number of carbonyl (C=O) groups excluding carboxylic acids is 2. The zero-order chi connectivity index (χ0) is 15.5. The summed E-state index contributed by atoms with van der Waals surface area (Å²) in [5, 5.41) is 3.16. The summed E-state index contributed by atoms with van der Waals surface area (Å²) in [7, 11) is 1.39. The minimum absolute atomic E-state index is 0.0357. The summed E-state index contributed by atoms with van der Waals surface area (Å²) in [6, 6.07) is 5.68. The smallest absolute Gasteiger partial charge is 0.337 e. The van der Waals surface area contributed by atoms with Crippen molar-refractivity contribution in [3.8, 4) is 0 Å². The average molecular weight is 301 g/mol. The lowest BCUT2D eigenvalue weighted by molar-refractivity contribution is -0.122. The van der Waals surface area contributed by atoms with Gasteiger partial charge in [-0.05, 0) is 54.9 Å². The molecule has 2 aliphatic rings. The van der Waals surface area contributed by atoms with Crippen molar-refractivity contribution in [3.05, 3.63) is 34.9 Å². The first-order chi connectivity index (χ1) is 10.7. The van der Waals surface area contributed by atoms with E-state index in [1.54, 1.807) is 6.07 Å². The summed E-state index contributed by atoms with van der Waals surface area (Å²) in [4.78, 5) is 23.9. The lowest BCUT2D eigenvalue weighted by Crippen LogP contribution is -2.28.